The molecule has 0 saturated carbocycles. The smallest absolute Gasteiger partial charge is 0.307 e. The summed E-state index contributed by atoms with van der Waals surface area (Å²) in [6, 6.07) is 0.754. The molecule has 0 aliphatic carbocycles. The first-order chi connectivity index (χ1) is 5.95. The van der Waals surface area contributed by atoms with Gasteiger partial charge in [-0.05, 0) is 6.07 Å². The van der Waals surface area contributed by atoms with Crippen LogP contribution in [-0.4, -0.2) is 4.98 Å². The molecule has 0 aromatic carbocycles. The first kappa shape index (κ1) is 10.1. The molecule has 0 radical (unpaired) electrons. The fraction of sp³-hybridized carbons (Fsp3) is 0.167. The molecule has 0 aliphatic rings. The van der Waals surface area contributed by atoms with Crippen LogP contribution in [0.25, 0.3) is 0 Å². The van der Waals surface area contributed by atoms with Gasteiger partial charge in [-0.15, -0.1) is 0 Å². The van der Waals surface area contributed by atoms with Gasteiger partial charge in [-0.3, -0.25) is 0 Å². The standard InChI is InChI=1S/C6H5ClF3N3/c7-4-1-3(6(8,9)10)2-12-5(4)13-11/h1-2H,11H2,(H,12,13). The Kier molecular flexibility index (Phi) is 2.63. The number of hydrazine groups is 1. The molecule has 1 heterocycles. The van der Waals surface area contributed by atoms with Crippen molar-refractivity contribution < 1.29 is 13.2 Å². The molecule has 1 aromatic rings. The Morgan fingerprint density at radius 3 is 2.46 bits per heavy atom. The molecule has 3 nitrogen and oxygen atoms in total. The van der Waals surface area contributed by atoms with Crippen molar-refractivity contribution in [2.45, 2.75) is 6.18 Å². The number of rotatable bonds is 1. The normalized spacial score (nSPS) is 11.5. The molecular formula is C6H5ClF3N3. The van der Waals surface area contributed by atoms with Crippen molar-refractivity contribution in [1.29, 1.82) is 0 Å². The summed E-state index contributed by atoms with van der Waals surface area (Å²) in [4.78, 5) is 3.38. The third-order valence-electron chi connectivity index (χ3n) is 1.31. The quantitative estimate of drug-likeness (QED) is 0.552. The Morgan fingerprint density at radius 1 is 1.46 bits per heavy atom. The van der Waals surface area contributed by atoms with Crippen molar-refractivity contribution in [3.05, 3.63) is 22.8 Å². The second kappa shape index (κ2) is 3.39. The molecule has 72 valence electrons. The van der Waals surface area contributed by atoms with Gasteiger partial charge in [0.2, 0.25) is 0 Å². The number of halogens is 4. The van der Waals surface area contributed by atoms with E-state index >= 15 is 0 Å². The zero-order chi connectivity index (χ0) is 10.1. The number of nitrogens with one attached hydrogen (secondary N) is 1. The minimum Gasteiger partial charge on any atom is -0.307 e. The largest absolute Gasteiger partial charge is 0.417 e. The number of hydrogen-bond acceptors (Lipinski definition) is 3. The monoisotopic (exact) mass is 211 g/mol. The van der Waals surface area contributed by atoms with Crippen molar-refractivity contribution in [3.8, 4) is 0 Å². The summed E-state index contributed by atoms with van der Waals surface area (Å²) in [5, 5.41) is -0.169. The van der Waals surface area contributed by atoms with E-state index in [0.29, 0.717) is 6.20 Å². The maximum absolute atomic E-state index is 12.1. The molecule has 0 unspecified atom stereocenters. The number of pyridine rings is 1. The molecule has 1 aromatic heterocycles. The Hall–Kier alpha value is -1.01. The lowest BCUT2D eigenvalue weighted by molar-refractivity contribution is -0.137. The van der Waals surface area contributed by atoms with Crippen molar-refractivity contribution in [1.82, 2.24) is 4.98 Å². The van der Waals surface area contributed by atoms with Crippen molar-refractivity contribution in [3.63, 3.8) is 0 Å². The van der Waals surface area contributed by atoms with Crippen molar-refractivity contribution in [2.24, 2.45) is 5.84 Å². The van der Waals surface area contributed by atoms with Gasteiger partial charge in [-0.1, -0.05) is 11.6 Å². The van der Waals surface area contributed by atoms with E-state index < -0.39 is 11.7 Å². The predicted molar refractivity (Wildman–Crippen MR) is 42.1 cm³/mol. The highest BCUT2D eigenvalue weighted by molar-refractivity contribution is 6.32. The van der Waals surface area contributed by atoms with E-state index in [1.54, 1.807) is 0 Å². The third kappa shape index (κ3) is 2.22. The molecule has 13 heavy (non-hydrogen) atoms. The Balaban J connectivity index is 3.10. The highest BCUT2D eigenvalue weighted by atomic mass is 35.5. The maximum atomic E-state index is 12.1. The molecule has 7 heteroatoms. The van der Waals surface area contributed by atoms with Crippen LogP contribution in [0.5, 0.6) is 0 Å². The average Bonchev–Trinajstić information content (AvgIpc) is 2.02. The van der Waals surface area contributed by atoms with E-state index in [2.05, 4.69) is 10.4 Å². The number of hydrogen-bond donors (Lipinski definition) is 2. The van der Waals surface area contributed by atoms with Crippen molar-refractivity contribution >= 4 is 17.4 Å². The zero-order valence-corrected chi connectivity index (χ0v) is 6.95. The summed E-state index contributed by atoms with van der Waals surface area (Å²) >= 11 is 5.43. The second-order valence-electron chi connectivity index (χ2n) is 2.20. The number of alkyl halides is 3. The fourth-order valence-electron chi connectivity index (χ4n) is 0.699. The molecule has 0 amide bonds. The van der Waals surface area contributed by atoms with Crippen LogP contribution < -0.4 is 11.3 Å². The molecule has 0 saturated heterocycles. The molecule has 0 atom stereocenters. The minimum atomic E-state index is -4.44. The summed E-state index contributed by atoms with van der Waals surface area (Å²) in [5.74, 6) is 4.94. The summed E-state index contributed by atoms with van der Waals surface area (Å²) < 4.78 is 36.2. The minimum absolute atomic E-state index is 0.00895. The molecule has 1 rings (SSSR count). The van der Waals surface area contributed by atoms with Crippen LogP contribution in [0.15, 0.2) is 12.3 Å². The number of nitrogens with two attached hydrogens (primary N) is 1. The molecule has 0 fully saturated rings. The fourth-order valence-corrected chi connectivity index (χ4v) is 0.920. The summed E-state index contributed by atoms with van der Waals surface area (Å²) in [6.45, 7) is 0. The summed E-state index contributed by atoms with van der Waals surface area (Å²) in [5.41, 5.74) is 1.16. The van der Waals surface area contributed by atoms with Gasteiger partial charge in [0, 0.05) is 6.20 Å². The van der Waals surface area contributed by atoms with Gasteiger partial charge in [0.15, 0.2) is 5.82 Å². The van der Waals surface area contributed by atoms with Crippen LogP contribution in [0.2, 0.25) is 5.02 Å². The van der Waals surface area contributed by atoms with E-state index in [1.165, 1.54) is 0 Å². The van der Waals surface area contributed by atoms with Crippen LogP contribution in [0.4, 0.5) is 19.0 Å². The Morgan fingerprint density at radius 2 is 2.08 bits per heavy atom. The van der Waals surface area contributed by atoms with E-state index in [-0.39, 0.29) is 10.8 Å². The third-order valence-corrected chi connectivity index (χ3v) is 1.59. The van der Waals surface area contributed by atoms with E-state index in [4.69, 9.17) is 17.4 Å². The van der Waals surface area contributed by atoms with Crippen molar-refractivity contribution in [2.75, 3.05) is 5.43 Å². The van der Waals surface area contributed by atoms with E-state index in [9.17, 15) is 13.2 Å². The van der Waals surface area contributed by atoms with Crippen LogP contribution >= 0.6 is 11.6 Å². The highest BCUT2D eigenvalue weighted by Gasteiger charge is 2.31. The number of anilines is 1. The molecule has 0 spiro atoms. The van der Waals surface area contributed by atoms with Gasteiger partial charge in [0.25, 0.3) is 0 Å². The van der Waals surface area contributed by atoms with E-state index in [0.717, 1.165) is 6.07 Å². The molecular weight excluding hydrogens is 207 g/mol. The topological polar surface area (TPSA) is 50.9 Å². The van der Waals surface area contributed by atoms with Gasteiger partial charge in [-0.25, -0.2) is 10.8 Å². The number of aromatic nitrogens is 1. The molecule has 0 bridgehead atoms. The number of nitrogens with zero attached hydrogens (tertiary/aromatic N) is 1. The second-order valence-corrected chi connectivity index (χ2v) is 2.60. The SMILES string of the molecule is NNc1ncc(C(F)(F)F)cc1Cl. The van der Waals surface area contributed by atoms with Gasteiger partial charge in [-0.2, -0.15) is 13.2 Å². The molecule has 0 aliphatic heterocycles. The van der Waals surface area contributed by atoms with Gasteiger partial charge >= 0.3 is 6.18 Å². The lowest BCUT2D eigenvalue weighted by Crippen LogP contribution is -2.11. The predicted octanol–water partition coefficient (Wildman–Crippen LogP) is 2.04. The van der Waals surface area contributed by atoms with Gasteiger partial charge < -0.3 is 5.43 Å². The number of nitrogen functional groups attached to an aromatic ring is 1. The highest BCUT2D eigenvalue weighted by Crippen LogP contribution is 2.31. The lowest BCUT2D eigenvalue weighted by atomic mass is 10.3. The van der Waals surface area contributed by atoms with Crippen LogP contribution in [-0.2, 0) is 6.18 Å². The average molecular weight is 212 g/mol. The maximum Gasteiger partial charge on any atom is 0.417 e. The lowest BCUT2D eigenvalue weighted by Gasteiger charge is -2.07. The first-order valence-electron chi connectivity index (χ1n) is 3.14. The van der Waals surface area contributed by atoms with Crippen LogP contribution in [0.3, 0.4) is 0 Å². The molecule has 3 N–H and O–H groups in total. The van der Waals surface area contributed by atoms with Crippen LogP contribution in [0.1, 0.15) is 5.56 Å². The Bertz CT molecular complexity index is 312. The van der Waals surface area contributed by atoms with Gasteiger partial charge in [0.1, 0.15) is 0 Å². The Labute approximate surface area is 76.7 Å². The van der Waals surface area contributed by atoms with Crippen LogP contribution in [0, 0.1) is 0 Å². The first-order valence-corrected chi connectivity index (χ1v) is 3.52. The summed E-state index contributed by atoms with van der Waals surface area (Å²) in [7, 11) is 0. The zero-order valence-electron chi connectivity index (χ0n) is 6.19. The summed E-state index contributed by atoms with van der Waals surface area (Å²) in [6.07, 6.45) is -3.79. The van der Waals surface area contributed by atoms with E-state index in [1.807, 2.05) is 0 Å². The van der Waals surface area contributed by atoms with Gasteiger partial charge in [0.05, 0.1) is 10.6 Å².